The van der Waals surface area contributed by atoms with E-state index in [1.165, 1.54) is 0 Å². The molecule has 0 aliphatic carbocycles. The summed E-state index contributed by atoms with van der Waals surface area (Å²) in [7, 11) is 4.77. The molecule has 0 unspecified atom stereocenters. The lowest BCUT2D eigenvalue weighted by Gasteiger charge is -2.26. The minimum absolute atomic E-state index is 0.161. The molecule has 0 aliphatic heterocycles. The lowest BCUT2D eigenvalue weighted by Crippen LogP contribution is -2.36. The minimum atomic E-state index is -0.281. The van der Waals surface area contributed by atoms with Gasteiger partial charge in [-0.3, -0.25) is 4.79 Å². The lowest BCUT2D eigenvalue weighted by atomic mass is 9.84. The predicted molar refractivity (Wildman–Crippen MR) is 97.9 cm³/mol. The van der Waals surface area contributed by atoms with Crippen molar-refractivity contribution in [2.45, 2.75) is 19.3 Å². The Labute approximate surface area is 148 Å². The number of hydrogen-bond acceptors (Lipinski definition) is 4. The van der Waals surface area contributed by atoms with Gasteiger partial charge in [0, 0.05) is 12.0 Å². The van der Waals surface area contributed by atoms with Crippen LogP contribution in [0.1, 0.15) is 29.8 Å². The summed E-state index contributed by atoms with van der Waals surface area (Å²) in [6, 6.07) is 13.0. The summed E-state index contributed by atoms with van der Waals surface area (Å²) in [5.74, 6) is 1.75. The van der Waals surface area contributed by atoms with E-state index in [2.05, 4.69) is 19.2 Å². The molecule has 0 bridgehead atoms. The summed E-state index contributed by atoms with van der Waals surface area (Å²) in [4.78, 5) is 12.5. The van der Waals surface area contributed by atoms with Gasteiger partial charge in [-0.25, -0.2) is 0 Å². The van der Waals surface area contributed by atoms with Crippen molar-refractivity contribution in [3.8, 4) is 17.2 Å². The number of rotatable bonds is 7. The summed E-state index contributed by atoms with van der Waals surface area (Å²) >= 11 is 0. The van der Waals surface area contributed by atoms with Crippen LogP contribution in [0, 0.1) is 0 Å². The molecule has 25 heavy (non-hydrogen) atoms. The van der Waals surface area contributed by atoms with Crippen LogP contribution in [0.2, 0.25) is 0 Å². The van der Waals surface area contributed by atoms with Crippen LogP contribution in [0.4, 0.5) is 0 Å². The zero-order valence-electron chi connectivity index (χ0n) is 15.4. The Bertz CT molecular complexity index is 740. The molecule has 5 nitrogen and oxygen atoms in total. The van der Waals surface area contributed by atoms with Gasteiger partial charge in [0.2, 0.25) is 0 Å². The van der Waals surface area contributed by atoms with Gasteiger partial charge in [0.05, 0.1) is 26.9 Å². The van der Waals surface area contributed by atoms with Gasteiger partial charge in [-0.1, -0.05) is 32.0 Å². The molecule has 1 amide bonds. The van der Waals surface area contributed by atoms with Gasteiger partial charge in [-0.05, 0) is 29.8 Å². The second kappa shape index (κ2) is 7.92. The average Bonchev–Trinajstić information content (AvgIpc) is 2.65. The monoisotopic (exact) mass is 343 g/mol. The van der Waals surface area contributed by atoms with Gasteiger partial charge < -0.3 is 19.5 Å². The summed E-state index contributed by atoms with van der Waals surface area (Å²) in [5, 5.41) is 2.99. The van der Waals surface area contributed by atoms with Crippen molar-refractivity contribution in [2.75, 3.05) is 27.9 Å². The molecule has 0 saturated carbocycles. The molecule has 134 valence electrons. The standard InChI is InChI=1S/C20H25NO4/c1-20(2,14-10-11-17(24-4)18(12-14)25-5)13-21-19(22)15-8-6-7-9-16(15)23-3/h6-12H,13H2,1-5H3,(H,21,22). The van der Waals surface area contributed by atoms with Gasteiger partial charge in [0.15, 0.2) is 11.5 Å². The summed E-state index contributed by atoms with van der Waals surface area (Å²) in [5.41, 5.74) is 1.29. The van der Waals surface area contributed by atoms with E-state index in [-0.39, 0.29) is 11.3 Å². The van der Waals surface area contributed by atoms with Gasteiger partial charge in [-0.15, -0.1) is 0 Å². The first-order chi connectivity index (χ1) is 11.9. The smallest absolute Gasteiger partial charge is 0.255 e. The van der Waals surface area contributed by atoms with Crippen LogP contribution in [-0.2, 0) is 5.41 Å². The van der Waals surface area contributed by atoms with Crippen molar-refractivity contribution in [1.29, 1.82) is 0 Å². The molecule has 0 atom stereocenters. The van der Waals surface area contributed by atoms with Crippen LogP contribution in [0.3, 0.4) is 0 Å². The molecular weight excluding hydrogens is 318 g/mol. The molecule has 0 fully saturated rings. The molecule has 1 N–H and O–H groups in total. The fourth-order valence-corrected chi connectivity index (χ4v) is 2.59. The number of methoxy groups -OCH3 is 3. The Hall–Kier alpha value is -2.69. The maximum atomic E-state index is 12.5. The molecule has 5 heteroatoms. The normalized spacial score (nSPS) is 10.9. The SMILES string of the molecule is COc1ccc(C(C)(C)CNC(=O)c2ccccc2OC)cc1OC. The molecular formula is C20H25NO4. The molecule has 0 radical (unpaired) electrons. The highest BCUT2D eigenvalue weighted by atomic mass is 16.5. The van der Waals surface area contributed by atoms with E-state index in [0.29, 0.717) is 29.4 Å². The average molecular weight is 343 g/mol. The minimum Gasteiger partial charge on any atom is -0.496 e. The largest absolute Gasteiger partial charge is 0.496 e. The van der Waals surface area contributed by atoms with Crippen molar-refractivity contribution < 1.29 is 19.0 Å². The van der Waals surface area contributed by atoms with Crippen molar-refractivity contribution in [2.24, 2.45) is 0 Å². The maximum Gasteiger partial charge on any atom is 0.255 e. The Morgan fingerprint density at radius 3 is 2.20 bits per heavy atom. The highest BCUT2D eigenvalue weighted by Crippen LogP contribution is 2.33. The Balaban J connectivity index is 2.14. The third-order valence-corrected chi connectivity index (χ3v) is 4.21. The quantitative estimate of drug-likeness (QED) is 0.837. The number of carbonyl (C=O) groups excluding carboxylic acids is 1. The van der Waals surface area contributed by atoms with Crippen LogP contribution < -0.4 is 19.5 Å². The van der Waals surface area contributed by atoms with Gasteiger partial charge in [0.1, 0.15) is 5.75 Å². The molecule has 2 aromatic carbocycles. The fourth-order valence-electron chi connectivity index (χ4n) is 2.59. The first-order valence-corrected chi connectivity index (χ1v) is 8.06. The summed E-state index contributed by atoms with van der Waals surface area (Å²) in [6.45, 7) is 4.60. The van der Waals surface area contributed by atoms with Crippen molar-refractivity contribution >= 4 is 5.91 Å². The third-order valence-electron chi connectivity index (χ3n) is 4.21. The van der Waals surface area contributed by atoms with E-state index >= 15 is 0 Å². The molecule has 2 aromatic rings. The maximum absolute atomic E-state index is 12.5. The number of carbonyl (C=O) groups is 1. The summed E-state index contributed by atoms with van der Waals surface area (Å²) in [6.07, 6.45) is 0. The van der Waals surface area contributed by atoms with E-state index in [0.717, 1.165) is 5.56 Å². The third kappa shape index (κ3) is 4.24. The first kappa shape index (κ1) is 18.6. The number of ether oxygens (including phenoxy) is 3. The molecule has 0 aliphatic rings. The predicted octanol–water partition coefficient (Wildman–Crippen LogP) is 3.42. The van der Waals surface area contributed by atoms with E-state index in [9.17, 15) is 4.79 Å². The van der Waals surface area contributed by atoms with Crippen LogP contribution >= 0.6 is 0 Å². The van der Waals surface area contributed by atoms with Crippen molar-refractivity contribution in [1.82, 2.24) is 5.32 Å². The fraction of sp³-hybridized carbons (Fsp3) is 0.350. The van der Waals surface area contributed by atoms with E-state index in [1.807, 2.05) is 30.3 Å². The van der Waals surface area contributed by atoms with Crippen molar-refractivity contribution in [3.05, 3.63) is 53.6 Å². The number of nitrogens with one attached hydrogen (secondary N) is 1. The van der Waals surface area contributed by atoms with Crippen LogP contribution in [-0.4, -0.2) is 33.8 Å². The highest BCUT2D eigenvalue weighted by molar-refractivity contribution is 5.96. The molecule has 0 spiro atoms. The molecule has 0 saturated heterocycles. The molecule has 0 aromatic heterocycles. The Kier molecular flexibility index (Phi) is 5.91. The second-order valence-corrected chi connectivity index (χ2v) is 6.34. The van der Waals surface area contributed by atoms with Crippen LogP contribution in [0.5, 0.6) is 17.2 Å². The Morgan fingerprint density at radius 1 is 0.920 bits per heavy atom. The molecule has 2 rings (SSSR count). The first-order valence-electron chi connectivity index (χ1n) is 8.06. The van der Waals surface area contributed by atoms with E-state index in [4.69, 9.17) is 14.2 Å². The topological polar surface area (TPSA) is 56.8 Å². The summed E-state index contributed by atoms with van der Waals surface area (Å²) < 4.78 is 15.9. The number of hydrogen-bond donors (Lipinski definition) is 1. The van der Waals surface area contributed by atoms with Crippen LogP contribution in [0.15, 0.2) is 42.5 Å². The van der Waals surface area contributed by atoms with E-state index < -0.39 is 0 Å². The zero-order chi connectivity index (χ0) is 18.4. The number of benzene rings is 2. The van der Waals surface area contributed by atoms with Crippen molar-refractivity contribution in [3.63, 3.8) is 0 Å². The van der Waals surface area contributed by atoms with E-state index in [1.54, 1.807) is 33.5 Å². The zero-order valence-corrected chi connectivity index (χ0v) is 15.4. The second-order valence-electron chi connectivity index (χ2n) is 6.34. The lowest BCUT2D eigenvalue weighted by molar-refractivity contribution is 0.0942. The molecule has 0 heterocycles. The Morgan fingerprint density at radius 2 is 1.56 bits per heavy atom. The van der Waals surface area contributed by atoms with Gasteiger partial charge in [0.25, 0.3) is 5.91 Å². The highest BCUT2D eigenvalue weighted by Gasteiger charge is 2.24. The van der Waals surface area contributed by atoms with Gasteiger partial charge >= 0.3 is 0 Å². The number of amides is 1. The van der Waals surface area contributed by atoms with Gasteiger partial charge in [-0.2, -0.15) is 0 Å². The van der Waals surface area contributed by atoms with Crippen LogP contribution in [0.25, 0.3) is 0 Å². The number of para-hydroxylation sites is 1.